The van der Waals surface area contributed by atoms with Gasteiger partial charge < -0.3 is 9.47 Å². The second kappa shape index (κ2) is 6.45. The molecular formula is C16H18FN3O3. The molecule has 0 saturated carbocycles. The summed E-state index contributed by atoms with van der Waals surface area (Å²) in [4.78, 5) is 16.5. The van der Waals surface area contributed by atoms with Crippen LogP contribution < -0.4 is 0 Å². The standard InChI is InChI=1S/C16H18FN3O3/c1-10(2)15-18-14(16(21)23-13-6-7-22-9-13)19-20(15)12-5-3-4-11(17)8-12/h3-5,8,10,13H,6-7,9H2,1-2H3. The van der Waals surface area contributed by atoms with Crippen molar-refractivity contribution in [3.05, 3.63) is 41.7 Å². The van der Waals surface area contributed by atoms with Gasteiger partial charge in [-0.3, -0.25) is 0 Å². The molecule has 0 aliphatic carbocycles. The van der Waals surface area contributed by atoms with Gasteiger partial charge >= 0.3 is 5.97 Å². The van der Waals surface area contributed by atoms with E-state index in [1.807, 2.05) is 13.8 Å². The first-order chi connectivity index (χ1) is 11.0. The van der Waals surface area contributed by atoms with Crippen LogP contribution in [0.1, 0.15) is 42.6 Å². The number of benzene rings is 1. The zero-order chi connectivity index (χ0) is 16.4. The first kappa shape index (κ1) is 15.6. The predicted octanol–water partition coefficient (Wildman–Crippen LogP) is 2.48. The second-order valence-corrected chi connectivity index (χ2v) is 5.73. The number of esters is 1. The third-order valence-electron chi connectivity index (χ3n) is 3.55. The number of carbonyl (C=O) groups excluding carboxylic acids is 1. The molecule has 6 nitrogen and oxygen atoms in total. The van der Waals surface area contributed by atoms with Crippen molar-refractivity contribution in [2.75, 3.05) is 13.2 Å². The fourth-order valence-electron chi connectivity index (χ4n) is 2.39. The first-order valence-corrected chi connectivity index (χ1v) is 7.56. The van der Waals surface area contributed by atoms with Crippen molar-refractivity contribution in [3.8, 4) is 5.69 Å². The maximum Gasteiger partial charge on any atom is 0.378 e. The van der Waals surface area contributed by atoms with Gasteiger partial charge in [-0.25, -0.2) is 18.9 Å². The molecule has 0 amide bonds. The lowest BCUT2D eigenvalue weighted by molar-refractivity contribution is 0.0257. The number of rotatable bonds is 4. The van der Waals surface area contributed by atoms with Gasteiger partial charge in [-0.15, -0.1) is 5.10 Å². The molecule has 2 heterocycles. The molecule has 0 radical (unpaired) electrons. The molecule has 7 heteroatoms. The molecule has 1 aliphatic heterocycles. The zero-order valence-electron chi connectivity index (χ0n) is 13.0. The Hall–Kier alpha value is -2.28. The molecule has 1 unspecified atom stereocenters. The Kier molecular flexibility index (Phi) is 4.38. The Bertz CT molecular complexity index is 708. The van der Waals surface area contributed by atoms with Crippen LogP contribution in [0.25, 0.3) is 5.69 Å². The van der Waals surface area contributed by atoms with Crippen molar-refractivity contribution in [1.29, 1.82) is 0 Å². The summed E-state index contributed by atoms with van der Waals surface area (Å²) in [6.07, 6.45) is 0.416. The fourth-order valence-corrected chi connectivity index (χ4v) is 2.39. The van der Waals surface area contributed by atoms with Crippen LogP contribution in [0, 0.1) is 5.82 Å². The van der Waals surface area contributed by atoms with Gasteiger partial charge in [0.05, 0.1) is 18.9 Å². The number of aromatic nitrogens is 3. The average Bonchev–Trinajstić information content (AvgIpc) is 3.16. The zero-order valence-corrected chi connectivity index (χ0v) is 13.0. The predicted molar refractivity (Wildman–Crippen MR) is 80.0 cm³/mol. The second-order valence-electron chi connectivity index (χ2n) is 5.73. The number of nitrogens with zero attached hydrogens (tertiary/aromatic N) is 3. The Morgan fingerprint density at radius 2 is 2.30 bits per heavy atom. The molecule has 1 fully saturated rings. The number of ether oxygens (including phenoxy) is 2. The maximum absolute atomic E-state index is 13.5. The molecule has 122 valence electrons. The van der Waals surface area contributed by atoms with Crippen LogP contribution in [-0.4, -0.2) is 40.1 Å². The summed E-state index contributed by atoms with van der Waals surface area (Å²) in [5.41, 5.74) is 0.518. The minimum Gasteiger partial charge on any atom is -0.454 e. The van der Waals surface area contributed by atoms with Crippen molar-refractivity contribution in [2.45, 2.75) is 32.3 Å². The summed E-state index contributed by atoms with van der Waals surface area (Å²) in [5, 5.41) is 4.21. The molecule has 2 aromatic rings. The van der Waals surface area contributed by atoms with Crippen molar-refractivity contribution in [2.24, 2.45) is 0 Å². The van der Waals surface area contributed by atoms with Gasteiger partial charge in [-0.1, -0.05) is 19.9 Å². The SMILES string of the molecule is CC(C)c1nc(C(=O)OC2CCOC2)nn1-c1cccc(F)c1. The van der Waals surface area contributed by atoms with E-state index < -0.39 is 5.97 Å². The highest BCUT2D eigenvalue weighted by Crippen LogP contribution is 2.19. The van der Waals surface area contributed by atoms with Gasteiger partial charge in [-0.05, 0) is 18.2 Å². The molecule has 0 N–H and O–H groups in total. The van der Waals surface area contributed by atoms with Crippen molar-refractivity contribution < 1.29 is 18.7 Å². The third kappa shape index (κ3) is 3.39. The highest BCUT2D eigenvalue weighted by Gasteiger charge is 2.25. The van der Waals surface area contributed by atoms with E-state index >= 15 is 0 Å². The van der Waals surface area contributed by atoms with Crippen LogP contribution >= 0.6 is 0 Å². The monoisotopic (exact) mass is 319 g/mol. The molecule has 3 rings (SSSR count). The van der Waals surface area contributed by atoms with Gasteiger partial charge in [0.1, 0.15) is 17.7 Å². The van der Waals surface area contributed by atoms with E-state index in [0.29, 0.717) is 31.1 Å². The summed E-state index contributed by atoms with van der Waals surface area (Å²) in [7, 11) is 0. The van der Waals surface area contributed by atoms with Crippen LogP contribution in [0.4, 0.5) is 4.39 Å². The third-order valence-corrected chi connectivity index (χ3v) is 3.55. The molecule has 1 aromatic carbocycles. The largest absolute Gasteiger partial charge is 0.454 e. The van der Waals surface area contributed by atoms with Crippen molar-refractivity contribution in [3.63, 3.8) is 0 Å². The van der Waals surface area contributed by atoms with Gasteiger partial charge in [0, 0.05) is 12.3 Å². The first-order valence-electron chi connectivity index (χ1n) is 7.56. The van der Waals surface area contributed by atoms with E-state index in [2.05, 4.69) is 10.1 Å². The van der Waals surface area contributed by atoms with E-state index in [4.69, 9.17) is 9.47 Å². The molecule has 0 spiro atoms. The minimum atomic E-state index is -0.586. The molecule has 1 aliphatic rings. The maximum atomic E-state index is 13.5. The van der Waals surface area contributed by atoms with Crippen LogP contribution in [0.3, 0.4) is 0 Å². The molecule has 1 saturated heterocycles. The highest BCUT2D eigenvalue weighted by atomic mass is 19.1. The van der Waals surface area contributed by atoms with E-state index in [9.17, 15) is 9.18 Å². The van der Waals surface area contributed by atoms with Crippen LogP contribution in [0.15, 0.2) is 24.3 Å². The van der Waals surface area contributed by atoms with Crippen LogP contribution in [0.5, 0.6) is 0 Å². The van der Waals surface area contributed by atoms with Gasteiger partial charge in [-0.2, -0.15) is 0 Å². The lowest BCUT2D eigenvalue weighted by Crippen LogP contribution is -2.19. The fraction of sp³-hybridized carbons (Fsp3) is 0.438. The van der Waals surface area contributed by atoms with Crippen LogP contribution in [-0.2, 0) is 9.47 Å². The van der Waals surface area contributed by atoms with E-state index in [1.54, 1.807) is 12.1 Å². The van der Waals surface area contributed by atoms with E-state index in [-0.39, 0.29) is 23.7 Å². The molecular weight excluding hydrogens is 301 g/mol. The van der Waals surface area contributed by atoms with Gasteiger partial charge in [0.2, 0.25) is 0 Å². The topological polar surface area (TPSA) is 66.2 Å². The Labute approximate surface area is 133 Å². The number of carbonyl (C=O) groups is 1. The minimum absolute atomic E-state index is 0.0159. The van der Waals surface area contributed by atoms with E-state index in [0.717, 1.165) is 0 Å². The van der Waals surface area contributed by atoms with E-state index in [1.165, 1.54) is 16.8 Å². The molecule has 0 bridgehead atoms. The lowest BCUT2D eigenvalue weighted by atomic mass is 10.2. The van der Waals surface area contributed by atoms with Gasteiger partial charge in [0.15, 0.2) is 0 Å². The Morgan fingerprint density at radius 1 is 1.48 bits per heavy atom. The lowest BCUT2D eigenvalue weighted by Gasteiger charge is -2.07. The number of hydrogen-bond donors (Lipinski definition) is 0. The smallest absolute Gasteiger partial charge is 0.378 e. The summed E-state index contributed by atoms with van der Waals surface area (Å²) >= 11 is 0. The molecule has 23 heavy (non-hydrogen) atoms. The molecule has 1 atom stereocenters. The summed E-state index contributed by atoms with van der Waals surface area (Å²) in [6.45, 7) is 4.84. The average molecular weight is 319 g/mol. The van der Waals surface area contributed by atoms with Gasteiger partial charge in [0.25, 0.3) is 5.82 Å². The van der Waals surface area contributed by atoms with Crippen molar-refractivity contribution in [1.82, 2.24) is 14.8 Å². The normalized spacial score (nSPS) is 17.7. The highest BCUT2D eigenvalue weighted by molar-refractivity contribution is 5.85. The Balaban J connectivity index is 1.90. The summed E-state index contributed by atoms with van der Waals surface area (Å²) in [5.74, 6) is -0.394. The quantitative estimate of drug-likeness (QED) is 0.810. The molecule has 1 aromatic heterocycles. The summed E-state index contributed by atoms with van der Waals surface area (Å²) < 4.78 is 25.4. The summed E-state index contributed by atoms with van der Waals surface area (Å²) in [6, 6.07) is 6.00. The number of hydrogen-bond acceptors (Lipinski definition) is 5. The van der Waals surface area contributed by atoms with Crippen molar-refractivity contribution >= 4 is 5.97 Å². The Morgan fingerprint density at radius 3 is 2.96 bits per heavy atom. The van der Waals surface area contributed by atoms with Crippen LogP contribution in [0.2, 0.25) is 0 Å². The number of halogens is 1.